The molecule has 0 aliphatic carbocycles. The Hall–Kier alpha value is -1.61. The van der Waals surface area contributed by atoms with Crippen molar-refractivity contribution in [1.29, 1.82) is 5.26 Å². The van der Waals surface area contributed by atoms with Crippen LogP contribution in [0.2, 0.25) is 0 Å². The van der Waals surface area contributed by atoms with Crippen molar-refractivity contribution in [3.8, 4) is 6.07 Å². The molecule has 1 N–H and O–H groups in total. The van der Waals surface area contributed by atoms with Crippen molar-refractivity contribution in [1.82, 2.24) is 9.80 Å². The molecule has 0 saturated carbocycles. The van der Waals surface area contributed by atoms with Crippen LogP contribution in [0.5, 0.6) is 0 Å². The zero-order valence-electron chi connectivity index (χ0n) is 9.93. The number of amides is 1. The Balaban J connectivity index is 2.45. The van der Waals surface area contributed by atoms with Crippen LogP contribution < -0.4 is 0 Å². The molecule has 1 aliphatic rings. The van der Waals surface area contributed by atoms with Crippen LogP contribution in [-0.2, 0) is 9.59 Å². The van der Waals surface area contributed by atoms with E-state index in [1.807, 2.05) is 6.07 Å². The highest BCUT2D eigenvalue weighted by Crippen LogP contribution is 2.16. The lowest BCUT2D eigenvalue weighted by atomic mass is 10.2. The van der Waals surface area contributed by atoms with Gasteiger partial charge in [0.1, 0.15) is 6.04 Å². The molecule has 0 aromatic heterocycles. The number of likely N-dealkylation sites (tertiary alicyclic amines) is 1. The second-order valence-corrected chi connectivity index (χ2v) is 4.19. The number of rotatable bonds is 5. The van der Waals surface area contributed by atoms with Crippen LogP contribution in [0, 0.1) is 11.3 Å². The van der Waals surface area contributed by atoms with E-state index in [1.165, 1.54) is 4.90 Å². The predicted octanol–water partition coefficient (Wildman–Crippen LogP) is -0.0925. The monoisotopic (exact) mass is 239 g/mol. The molecule has 1 atom stereocenters. The molecule has 1 saturated heterocycles. The number of nitrogens with zero attached hydrogens (tertiary/aromatic N) is 3. The Labute approximate surface area is 100 Å². The first-order valence-electron chi connectivity index (χ1n) is 5.64. The van der Waals surface area contributed by atoms with Gasteiger partial charge in [-0.15, -0.1) is 0 Å². The molecule has 1 heterocycles. The molecule has 0 bridgehead atoms. The van der Waals surface area contributed by atoms with Gasteiger partial charge >= 0.3 is 5.97 Å². The van der Waals surface area contributed by atoms with Gasteiger partial charge in [-0.3, -0.25) is 14.5 Å². The first-order chi connectivity index (χ1) is 8.06. The van der Waals surface area contributed by atoms with Gasteiger partial charge in [-0.2, -0.15) is 5.26 Å². The number of hydrogen-bond donors (Lipinski definition) is 1. The fraction of sp³-hybridized carbons (Fsp3) is 0.727. The molecular weight excluding hydrogens is 222 g/mol. The van der Waals surface area contributed by atoms with Crippen molar-refractivity contribution in [2.75, 3.05) is 26.7 Å². The third kappa shape index (κ3) is 3.71. The van der Waals surface area contributed by atoms with Crippen LogP contribution in [0.4, 0.5) is 0 Å². The summed E-state index contributed by atoms with van der Waals surface area (Å²) in [6, 6.07) is 1.43. The summed E-state index contributed by atoms with van der Waals surface area (Å²) >= 11 is 0. The number of carboxylic acid groups (broad SMARTS) is 1. The highest BCUT2D eigenvalue weighted by Gasteiger charge is 2.32. The van der Waals surface area contributed by atoms with Crippen LogP contribution in [0.3, 0.4) is 0 Å². The maximum absolute atomic E-state index is 11.8. The maximum Gasteiger partial charge on any atom is 0.320 e. The first kappa shape index (κ1) is 13.5. The number of nitriles is 1. The van der Waals surface area contributed by atoms with Gasteiger partial charge in [0.25, 0.3) is 0 Å². The molecule has 6 heteroatoms. The molecule has 1 unspecified atom stereocenters. The Bertz CT molecular complexity index is 337. The van der Waals surface area contributed by atoms with E-state index in [-0.39, 0.29) is 12.5 Å². The van der Waals surface area contributed by atoms with Crippen LogP contribution in [0.1, 0.15) is 19.3 Å². The average molecular weight is 239 g/mol. The zero-order valence-corrected chi connectivity index (χ0v) is 9.93. The third-order valence-corrected chi connectivity index (χ3v) is 2.97. The topological polar surface area (TPSA) is 84.6 Å². The molecule has 1 amide bonds. The number of likely N-dealkylation sites (N-methyl/N-ethyl adjacent to an activating group) is 1. The summed E-state index contributed by atoms with van der Waals surface area (Å²) in [6.45, 7) is 1.16. The molecule has 94 valence electrons. The molecule has 0 aromatic rings. The Kier molecular flexibility index (Phi) is 4.91. The van der Waals surface area contributed by atoms with E-state index in [0.29, 0.717) is 25.9 Å². The van der Waals surface area contributed by atoms with Crippen molar-refractivity contribution < 1.29 is 14.7 Å². The number of hydrogen-bond acceptors (Lipinski definition) is 4. The number of aliphatic carboxylic acids is 1. The third-order valence-electron chi connectivity index (χ3n) is 2.97. The molecule has 1 aliphatic heterocycles. The molecule has 17 heavy (non-hydrogen) atoms. The SMILES string of the molecule is CN(CCC#N)C(=O)CN1CCCC1C(=O)O. The van der Waals surface area contributed by atoms with Crippen molar-refractivity contribution >= 4 is 11.9 Å². The average Bonchev–Trinajstić information content (AvgIpc) is 2.73. The summed E-state index contributed by atoms with van der Waals surface area (Å²) in [4.78, 5) is 25.8. The quantitative estimate of drug-likeness (QED) is 0.724. The molecule has 0 radical (unpaired) electrons. The van der Waals surface area contributed by atoms with E-state index < -0.39 is 12.0 Å². The fourth-order valence-electron chi connectivity index (χ4n) is 1.93. The lowest BCUT2D eigenvalue weighted by Gasteiger charge is -2.23. The van der Waals surface area contributed by atoms with Gasteiger partial charge in [0.05, 0.1) is 19.0 Å². The number of carbonyl (C=O) groups is 2. The smallest absolute Gasteiger partial charge is 0.320 e. The van der Waals surface area contributed by atoms with Gasteiger partial charge < -0.3 is 10.0 Å². The molecule has 6 nitrogen and oxygen atoms in total. The van der Waals surface area contributed by atoms with Crippen LogP contribution >= 0.6 is 0 Å². The minimum absolute atomic E-state index is 0.124. The van der Waals surface area contributed by atoms with Crippen molar-refractivity contribution in [3.63, 3.8) is 0 Å². The summed E-state index contributed by atoms with van der Waals surface area (Å²) in [5.41, 5.74) is 0. The van der Waals surface area contributed by atoms with Crippen LogP contribution in [0.15, 0.2) is 0 Å². The summed E-state index contributed by atoms with van der Waals surface area (Å²) < 4.78 is 0. The molecule has 0 spiro atoms. The molecule has 0 aromatic carbocycles. The van der Waals surface area contributed by atoms with Gasteiger partial charge in [0, 0.05) is 13.6 Å². The summed E-state index contributed by atoms with van der Waals surface area (Å²) in [7, 11) is 1.63. The normalized spacial score (nSPS) is 19.9. The fourth-order valence-corrected chi connectivity index (χ4v) is 1.93. The van der Waals surface area contributed by atoms with Crippen molar-refractivity contribution in [2.45, 2.75) is 25.3 Å². The van der Waals surface area contributed by atoms with Gasteiger partial charge in [0.2, 0.25) is 5.91 Å². The van der Waals surface area contributed by atoms with E-state index in [4.69, 9.17) is 10.4 Å². The van der Waals surface area contributed by atoms with E-state index >= 15 is 0 Å². The van der Waals surface area contributed by atoms with E-state index in [2.05, 4.69) is 0 Å². The minimum Gasteiger partial charge on any atom is -0.480 e. The number of carboxylic acids is 1. The zero-order chi connectivity index (χ0) is 12.8. The van der Waals surface area contributed by atoms with Gasteiger partial charge in [-0.1, -0.05) is 0 Å². The molecule has 1 fully saturated rings. The standard InChI is InChI=1S/C11H17N3O3/c1-13(6-3-5-12)10(15)8-14-7-2-4-9(14)11(16)17/h9H,2-4,6-8H2,1H3,(H,16,17). The van der Waals surface area contributed by atoms with Gasteiger partial charge in [-0.25, -0.2) is 0 Å². The summed E-state index contributed by atoms with van der Waals surface area (Å²) in [5, 5.41) is 17.4. The largest absolute Gasteiger partial charge is 0.480 e. The van der Waals surface area contributed by atoms with E-state index in [1.54, 1.807) is 11.9 Å². The Morgan fingerprint density at radius 3 is 2.88 bits per heavy atom. The highest BCUT2D eigenvalue weighted by molar-refractivity contribution is 5.80. The Morgan fingerprint density at radius 2 is 2.29 bits per heavy atom. The lowest BCUT2D eigenvalue weighted by Crippen LogP contribution is -2.43. The van der Waals surface area contributed by atoms with E-state index in [0.717, 1.165) is 6.42 Å². The van der Waals surface area contributed by atoms with Crippen LogP contribution in [0.25, 0.3) is 0 Å². The van der Waals surface area contributed by atoms with Crippen molar-refractivity contribution in [2.24, 2.45) is 0 Å². The second kappa shape index (κ2) is 6.21. The highest BCUT2D eigenvalue weighted by atomic mass is 16.4. The van der Waals surface area contributed by atoms with Gasteiger partial charge in [0.15, 0.2) is 0 Å². The molecular formula is C11H17N3O3. The van der Waals surface area contributed by atoms with E-state index in [9.17, 15) is 9.59 Å². The van der Waals surface area contributed by atoms with Crippen LogP contribution in [-0.4, -0.2) is 59.5 Å². The summed E-state index contributed by atoms with van der Waals surface area (Å²) in [6.07, 6.45) is 1.71. The number of carbonyl (C=O) groups excluding carboxylic acids is 1. The minimum atomic E-state index is -0.866. The van der Waals surface area contributed by atoms with Crippen molar-refractivity contribution in [3.05, 3.63) is 0 Å². The Morgan fingerprint density at radius 1 is 1.59 bits per heavy atom. The first-order valence-corrected chi connectivity index (χ1v) is 5.64. The second-order valence-electron chi connectivity index (χ2n) is 4.19. The predicted molar refractivity (Wildman–Crippen MR) is 60.1 cm³/mol. The molecule has 1 rings (SSSR count). The maximum atomic E-state index is 11.8. The van der Waals surface area contributed by atoms with Gasteiger partial charge in [-0.05, 0) is 19.4 Å². The lowest BCUT2D eigenvalue weighted by molar-refractivity contribution is -0.143. The summed E-state index contributed by atoms with van der Waals surface area (Å²) in [5.74, 6) is -0.997.